The lowest BCUT2D eigenvalue weighted by Gasteiger charge is -2.09. The van der Waals surface area contributed by atoms with Gasteiger partial charge in [0, 0.05) is 19.2 Å². The van der Waals surface area contributed by atoms with Gasteiger partial charge in [-0.05, 0) is 42.6 Å². The molecule has 0 bridgehead atoms. The number of H-pyrrole nitrogens is 1. The van der Waals surface area contributed by atoms with Gasteiger partial charge in [-0.2, -0.15) is 5.10 Å². The molecule has 1 aliphatic heterocycles. The van der Waals surface area contributed by atoms with Crippen LogP contribution in [0.5, 0.6) is 0 Å². The van der Waals surface area contributed by atoms with Gasteiger partial charge >= 0.3 is 0 Å². The number of hydrogen-bond acceptors (Lipinski definition) is 3. The Morgan fingerprint density at radius 2 is 2.14 bits per heavy atom. The Labute approximate surface area is 124 Å². The van der Waals surface area contributed by atoms with Gasteiger partial charge in [0.05, 0.1) is 5.69 Å². The molecule has 5 heteroatoms. The van der Waals surface area contributed by atoms with E-state index in [4.69, 9.17) is 0 Å². The number of carbonyl (C=O) groups excluding carboxylic acids is 1. The lowest BCUT2D eigenvalue weighted by molar-refractivity contribution is -0.122. The number of aromatic amines is 1. The van der Waals surface area contributed by atoms with Crippen LogP contribution in [0.15, 0.2) is 36.5 Å². The zero-order valence-corrected chi connectivity index (χ0v) is 11.9. The van der Waals surface area contributed by atoms with Crippen LogP contribution < -0.4 is 10.6 Å². The second-order valence-electron chi connectivity index (χ2n) is 5.51. The van der Waals surface area contributed by atoms with Gasteiger partial charge in [0.15, 0.2) is 0 Å². The van der Waals surface area contributed by atoms with Crippen LogP contribution in [0.25, 0.3) is 11.3 Å². The lowest BCUT2D eigenvalue weighted by Crippen LogP contribution is -2.25. The molecule has 1 unspecified atom stereocenters. The molecule has 0 radical (unpaired) electrons. The second kappa shape index (κ2) is 6.54. The average Bonchev–Trinajstić information content (AvgIpc) is 3.19. The minimum Gasteiger partial charge on any atom is -0.352 e. The Morgan fingerprint density at radius 3 is 2.81 bits per heavy atom. The van der Waals surface area contributed by atoms with E-state index in [1.807, 2.05) is 30.3 Å². The molecule has 1 aromatic heterocycles. The summed E-state index contributed by atoms with van der Waals surface area (Å²) in [4.78, 5) is 11.9. The van der Waals surface area contributed by atoms with Crippen molar-refractivity contribution in [1.82, 2.24) is 20.8 Å². The lowest BCUT2D eigenvalue weighted by atomic mass is 10.0. The first-order valence-electron chi connectivity index (χ1n) is 7.37. The average molecular weight is 284 g/mol. The third-order valence-corrected chi connectivity index (χ3v) is 3.89. The molecule has 1 atom stereocenters. The van der Waals surface area contributed by atoms with Gasteiger partial charge in [0.1, 0.15) is 0 Å². The highest BCUT2D eigenvalue weighted by Gasteiger charge is 2.17. The summed E-state index contributed by atoms with van der Waals surface area (Å²) in [5, 5.41) is 13.2. The molecule has 0 saturated carbocycles. The Morgan fingerprint density at radius 1 is 1.29 bits per heavy atom. The van der Waals surface area contributed by atoms with Crippen molar-refractivity contribution in [3.8, 4) is 11.3 Å². The topological polar surface area (TPSA) is 69.8 Å². The molecule has 2 aromatic rings. The number of nitrogens with zero attached hydrogens (tertiary/aromatic N) is 1. The third kappa shape index (κ3) is 3.70. The smallest absolute Gasteiger partial charge is 0.220 e. The summed E-state index contributed by atoms with van der Waals surface area (Å²) in [6.07, 6.45) is 3.47. The van der Waals surface area contributed by atoms with E-state index in [0.717, 1.165) is 36.3 Å². The predicted octanol–water partition coefficient (Wildman–Crippen LogP) is 1.69. The highest BCUT2D eigenvalue weighted by molar-refractivity contribution is 5.76. The Bertz CT molecular complexity index is 571. The fraction of sp³-hybridized carbons (Fsp3) is 0.375. The van der Waals surface area contributed by atoms with Crippen molar-refractivity contribution in [3.63, 3.8) is 0 Å². The summed E-state index contributed by atoms with van der Waals surface area (Å²) in [5.74, 6) is 0.633. The largest absolute Gasteiger partial charge is 0.352 e. The van der Waals surface area contributed by atoms with Crippen LogP contribution in [0.4, 0.5) is 0 Å². The normalized spacial score (nSPS) is 17.8. The summed E-state index contributed by atoms with van der Waals surface area (Å²) >= 11 is 0. The number of rotatable bonds is 5. The molecule has 1 aliphatic rings. The minimum absolute atomic E-state index is 0.140. The van der Waals surface area contributed by atoms with E-state index in [9.17, 15) is 4.79 Å². The SMILES string of the molecule is O=C(CC1CCNC1)NCc1ccc(-c2ccn[nH]2)cc1. The minimum atomic E-state index is 0.140. The summed E-state index contributed by atoms with van der Waals surface area (Å²) < 4.78 is 0. The van der Waals surface area contributed by atoms with Gasteiger partial charge in [0.25, 0.3) is 0 Å². The van der Waals surface area contributed by atoms with Crippen LogP contribution in [0.2, 0.25) is 0 Å². The first-order valence-corrected chi connectivity index (χ1v) is 7.37. The van der Waals surface area contributed by atoms with Crippen LogP contribution >= 0.6 is 0 Å². The number of aromatic nitrogens is 2. The zero-order chi connectivity index (χ0) is 14.5. The first kappa shape index (κ1) is 13.8. The summed E-state index contributed by atoms with van der Waals surface area (Å²) in [6, 6.07) is 10.1. The number of hydrogen-bond donors (Lipinski definition) is 3. The van der Waals surface area contributed by atoms with Crippen LogP contribution in [-0.4, -0.2) is 29.2 Å². The van der Waals surface area contributed by atoms with Crippen LogP contribution in [-0.2, 0) is 11.3 Å². The van der Waals surface area contributed by atoms with Crippen molar-refractivity contribution < 1.29 is 4.79 Å². The number of carbonyl (C=O) groups is 1. The van der Waals surface area contributed by atoms with Crippen molar-refractivity contribution in [1.29, 1.82) is 0 Å². The predicted molar refractivity (Wildman–Crippen MR) is 81.5 cm³/mol. The van der Waals surface area contributed by atoms with E-state index in [-0.39, 0.29) is 5.91 Å². The molecular weight excluding hydrogens is 264 g/mol. The fourth-order valence-electron chi connectivity index (χ4n) is 2.64. The van der Waals surface area contributed by atoms with Gasteiger partial charge in [-0.3, -0.25) is 9.89 Å². The molecule has 5 nitrogen and oxygen atoms in total. The van der Waals surface area contributed by atoms with Crippen molar-refractivity contribution in [3.05, 3.63) is 42.1 Å². The fourth-order valence-corrected chi connectivity index (χ4v) is 2.64. The summed E-state index contributed by atoms with van der Waals surface area (Å²) in [6.45, 7) is 2.58. The molecule has 21 heavy (non-hydrogen) atoms. The summed E-state index contributed by atoms with van der Waals surface area (Å²) in [7, 11) is 0. The van der Waals surface area contributed by atoms with E-state index in [2.05, 4.69) is 20.8 Å². The Hall–Kier alpha value is -2.14. The molecule has 1 aromatic carbocycles. The van der Waals surface area contributed by atoms with E-state index in [1.54, 1.807) is 6.20 Å². The first-order chi connectivity index (χ1) is 10.3. The van der Waals surface area contributed by atoms with Crippen LogP contribution in [0.1, 0.15) is 18.4 Å². The zero-order valence-electron chi connectivity index (χ0n) is 11.9. The maximum atomic E-state index is 11.9. The molecule has 0 spiro atoms. The maximum Gasteiger partial charge on any atom is 0.220 e. The highest BCUT2D eigenvalue weighted by Crippen LogP contribution is 2.16. The van der Waals surface area contributed by atoms with Crippen LogP contribution in [0, 0.1) is 5.92 Å². The van der Waals surface area contributed by atoms with Gasteiger partial charge in [-0.1, -0.05) is 24.3 Å². The van der Waals surface area contributed by atoms with E-state index in [1.165, 1.54) is 0 Å². The van der Waals surface area contributed by atoms with Gasteiger partial charge in [-0.25, -0.2) is 0 Å². The molecule has 0 aliphatic carbocycles. The van der Waals surface area contributed by atoms with E-state index < -0.39 is 0 Å². The Kier molecular flexibility index (Phi) is 4.31. The van der Waals surface area contributed by atoms with Gasteiger partial charge in [0.2, 0.25) is 5.91 Å². The monoisotopic (exact) mass is 284 g/mol. The van der Waals surface area contributed by atoms with Crippen molar-refractivity contribution in [2.24, 2.45) is 5.92 Å². The number of benzene rings is 1. The quantitative estimate of drug-likeness (QED) is 0.782. The molecular formula is C16H20N4O. The van der Waals surface area contributed by atoms with Gasteiger partial charge < -0.3 is 10.6 Å². The van der Waals surface area contributed by atoms with Crippen molar-refractivity contribution in [2.75, 3.05) is 13.1 Å². The molecule has 3 N–H and O–H groups in total. The Balaban J connectivity index is 1.50. The second-order valence-corrected chi connectivity index (χ2v) is 5.51. The van der Waals surface area contributed by atoms with Crippen molar-refractivity contribution >= 4 is 5.91 Å². The molecule has 1 saturated heterocycles. The number of amides is 1. The summed E-state index contributed by atoms with van der Waals surface area (Å²) in [5.41, 5.74) is 3.20. The van der Waals surface area contributed by atoms with E-state index >= 15 is 0 Å². The van der Waals surface area contributed by atoms with Gasteiger partial charge in [-0.15, -0.1) is 0 Å². The van der Waals surface area contributed by atoms with Crippen LogP contribution in [0.3, 0.4) is 0 Å². The van der Waals surface area contributed by atoms with E-state index in [0.29, 0.717) is 18.9 Å². The highest BCUT2D eigenvalue weighted by atomic mass is 16.1. The molecule has 3 rings (SSSR count). The molecule has 1 amide bonds. The van der Waals surface area contributed by atoms with Crippen molar-refractivity contribution in [2.45, 2.75) is 19.4 Å². The standard InChI is InChI=1S/C16H20N4O/c21-16(9-13-5-7-17-10-13)18-11-12-1-3-14(4-2-12)15-6-8-19-20-15/h1-4,6,8,13,17H,5,7,9-11H2,(H,18,21)(H,19,20). The number of nitrogens with one attached hydrogen (secondary N) is 3. The molecule has 1 fully saturated rings. The maximum absolute atomic E-state index is 11.9. The third-order valence-electron chi connectivity index (χ3n) is 3.89. The molecule has 2 heterocycles. The molecule has 110 valence electrons.